The first-order valence-corrected chi connectivity index (χ1v) is 8.61. The van der Waals surface area contributed by atoms with Crippen molar-refractivity contribution in [2.75, 3.05) is 25.5 Å². The van der Waals surface area contributed by atoms with E-state index < -0.39 is 0 Å². The van der Waals surface area contributed by atoms with Gasteiger partial charge in [0.15, 0.2) is 5.13 Å². The molecule has 0 radical (unpaired) electrons. The quantitative estimate of drug-likeness (QED) is 0.936. The Morgan fingerprint density at radius 1 is 1.39 bits per heavy atom. The number of hydrogen-bond acceptors (Lipinski definition) is 6. The van der Waals surface area contributed by atoms with Crippen molar-refractivity contribution in [1.82, 2.24) is 19.9 Å². The van der Waals surface area contributed by atoms with Crippen LogP contribution in [-0.4, -0.2) is 45.9 Å². The smallest absolute Gasteiger partial charge is 0.223 e. The van der Waals surface area contributed by atoms with E-state index in [-0.39, 0.29) is 5.91 Å². The molecule has 3 heterocycles. The van der Waals surface area contributed by atoms with E-state index in [1.807, 2.05) is 6.92 Å². The highest BCUT2D eigenvalue weighted by Crippen LogP contribution is 2.37. The molecular weight excluding hydrogens is 310 g/mol. The van der Waals surface area contributed by atoms with Gasteiger partial charge >= 0.3 is 0 Å². The molecule has 7 heteroatoms. The second kappa shape index (κ2) is 6.72. The molecule has 0 aromatic carbocycles. The maximum Gasteiger partial charge on any atom is 0.223 e. The van der Waals surface area contributed by atoms with Gasteiger partial charge in [-0.05, 0) is 33.4 Å². The number of aromatic nitrogens is 3. The number of hydrogen-bond donors (Lipinski definition) is 1. The number of thiazole rings is 1. The molecule has 1 aliphatic rings. The minimum Gasteiger partial charge on any atom is -0.306 e. The lowest BCUT2D eigenvalue weighted by Gasteiger charge is -2.29. The van der Waals surface area contributed by atoms with E-state index in [1.54, 1.807) is 12.4 Å². The Labute approximate surface area is 140 Å². The Bertz CT molecular complexity index is 714. The molecule has 1 N–H and O–H groups in total. The van der Waals surface area contributed by atoms with Crippen molar-refractivity contribution in [2.45, 2.75) is 32.6 Å². The lowest BCUT2D eigenvalue weighted by Crippen LogP contribution is -2.31. The fourth-order valence-corrected chi connectivity index (χ4v) is 4.05. The molecule has 6 nitrogen and oxygen atoms in total. The maximum atomic E-state index is 11.2. The Morgan fingerprint density at radius 2 is 2.17 bits per heavy atom. The van der Waals surface area contributed by atoms with Crippen molar-refractivity contribution in [3.63, 3.8) is 0 Å². The second-order valence-corrected chi connectivity index (χ2v) is 7.01. The van der Waals surface area contributed by atoms with Crippen LogP contribution in [0.2, 0.25) is 0 Å². The normalized spacial score (nSPS) is 18.8. The zero-order chi connectivity index (χ0) is 16.4. The summed E-state index contributed by atoms with van der Waals surface area (Å²) in [5, 5.41) is 3.37. The van der Waals surface area contributed by atoms with Crippen molar-refractivity contribution >= 4 is 22.4 Å². The van der Waals surface area contributed by atoms with Gasteiger partial charge in [0.25, 0.3) is 0 Å². The van der Waals surface area contributed by atoms with Gasteiger partial charge in [0.2, 0.25) is 5.91 Å². The number of carbonyl (C=O) groups excluding carboxylic acids is 1. The number of carbonyl (C=O) groups is 1. The lowest BCUT2D eigenvalue weighted by atomic mass is 9.93. The number of nitrogens with one attached hydrogen (secondary N) is 1. The van der Waals surface area contributed by atoms with Crippen LogP contribution in [0.1, 0.15) is 37.1 Å². The largest absolute Gasteiger partial charge is 0.306 e. The summed E-state index contributed by atoms with van der Waals surface area (Å²) in [5.41, 5.74) is 2.82. The molecule has 0 bridgehead atoms. The van der Waals surface area contributed by atoms with Crippen molar-refractivity contribution in [1.29, 1.82) is 0 Å². The van der Waals surface area contributed by atoms with E-state index in [0.717, 1.165) is 41.5 Å². The molecule has 0 aliphatic carbocycles. The summed E-state index contributed by atoms with van der Waals surface area (Å²) in [6.45, 7) is 5.57. The molecule has 1 amide bonds. The highest BCUT2D eigenvalue weighted by atomic mass is 32.1. The highest BCUT2D eigenvalue weighted by molar-refractivity contribution is 7.19. The molecule has 1 atom stereocenters. The number of piperidine rings is 1. The van der Waals surface area contributed by atoms with E-state index in [2.05, 4.69) is 32.2 Å². The number of anilines is 1. The molecule has 122 valence electrons. The van der Waals surface area contributed by atoms with E-state index in [0.29, 0.717) is 11.0 Å². The van der Waals surface area contributed by atoms with E-state index >= 15 is 0 Å². The van der Waals surface area contributed by atoms with Crippen LogP contribution in [0.5, 0.6) is 0 Å². The number of rotatable bonds is 3. The minimum atomic E-state index is -0.112. The minimum absolute atomic E-state index is 0.112. The number of likely N-dealkylation sites (N-methyl/N-ethyl adjacent to an activating group) is 1. The van der Waals surface area contributed by atoms with Gasteiger partial charge in [0.1, 0.15) is 5.69 Å². The van der Waals surface area contributed by atoms with Crippen LogP contribution >= 0.6 is 11.3 Å². The van der Waals surface area contributed by atoms with Crippen molar-refractivity contribution < 1.29 is 4.79 Å². The topological polar surface area (TPSA) is 71.0 Å². The Hall–Kier alpha value is -1.86. The average molecular weight is 331 g/mol. The van der Waals surface area contributed by atoms with Gasteiger partial charge in [0.05, 0.1) is 16.3 Å². The third kappa shape index (κ3) is 3.56. The van der Waals surface area contributed by atoms with E-state index in [1.165, 1.54) is 24.7 Å². The molecule has 3 rings (SSSR count). The molecule has 0 unspecified atom stereocenters. The predicted octanol–water partition coefficient (Wildman–Crippen LogP) is 2.68. The fourth-order valence-electron chi connectivity index (χ4n) is 3.03. The first-order chi connectivity index (χ1) is 11.0. The molecule has 1 aliphatic heterocycles. The fraction of sp³-hybridized carbons (Fsp3) is 0.500. The van der Waals surface area contributed by atoms with Crippen LogP contribution in [-0.2, 0) is 4.79 Å². The molecule has 0 spiro atoms. The van der Waals surface area contributed by atoms with Crippen molar-refractivity contribution in [3.8, 4) is 10.6 Å². The molecule has 1 fully saturated rings. The zero-order valence-corrected chi connectivity index (χ0v) is 14.5. The number of nitrogens with zero attached hydrogens (tertiary/aromatic N) is 4. The Kier molecular flexibility index (Phi) is 4.68. The van der Waals surface area contributed by atoms with Gasteiger partial charge in [-0.25, -0.2) is 4.98 Å². The SMILES string of the molecule is CC(=O)Nc1nc(C)c(-c2nccnc2[C@@H]2CCCN(C)C2)s1. The lowest BCUT2D eigenvalue weighted by molar-refractivity contribution is -0.114. The first kappa shape index (κ1) is 16.0. The summed E-state index contributed by atoms with van der Waals surface area (Å²) >= 11 is 1.46. The highest BCUT2D eigenvalue weighted by Gasteiger charge is 2.25. The maximum absolute atomic E-state index is 11.2. The first-order valence-electron chi connectivity index (χ1n) is 7.79. The molecular formula is C16H21N5OS. The molecule has 2 aromatic rings. The Morgan fingerprint density at radius 3 is 2.91 bits per heavy atom. The summed E-state index contributed by atoms with van der Waals surface area (Å²) in [4.78, 5) is 28.2. The third-order valence-corrected chi connectivity index (χ3v) is 5.11. The van der Waals surface area contributed by atoms with Crippen molar-refractivity contribution in [2.24, 2.45) is 0 Å². The van der Waals surface area contributed by atoms with Crippen LogP contribution in [0.25, 0.3) is 10.6 Å². The predicted molar refractivity (Wildman–Crippen MR) is 91.7 cm³/mol. The van der Waals surface area contributed by atoms with E-state index in [9.17, 15) is 4.79 Å². The van der Waals surface area contributed by atoms with Crippen LogP contribution < -0.4 is 5.32 Å². The molecule has 1 saturated heterocycles. The standard InChI is InChI=1S/C16H21N5OS/c1-10-15(23-16(19-10)20-11(2)22)14-13(17-6-7-18-14)12-5-4-8-21(3)9-12/h6-7,12H,4-5,8-9H2,1-3H3,(H,19,20,22)/t12-/m1/s1. The van der Waals surface area contributed by atoms with Gasteiger partial charge < -0.3 is 10.2 Å². The number of aryl methyl sites for hydroxylation is 1. The van der Waals surface area contributed by atoms with Crippen LogP contribution in [0, 0.1) is 6.92 Å². The van der Waals surface area contributed by atoms with Gasteiger partial charge in [-0.2, -0.15) is 0 Å². The molecule has 0 saturated carbocycles. The average Bonchev–Trinajstić information content (AvgIpc) is 2.87. The summed E-state index contributed by atoms with van der Waals surface area (Å²) in [6, 6.07) is 0. The number of amides is 1. The van der Waals surface area contributed by atoms with E-state index in [4.69, 9.17) is 0 Å². The third-order valence-electron chi connectivity index (χ3n) is 4.03. The summed E-state index contributed by atoms with van der Waals surface area (Å²) < 4.78 is 0. The second-order valence-electron chi connectivity index (χ2n) is 6.01. The summed E-state index contributed by atoms with van der Waals surface area (Å²) in [7, 11) is 2.15. The van der Waals surface area contributed by atoms with Gasteiger partial charge in [-0.1, -0.05) is 11.3 Å². The van der Waals surface area contributed by atoms with Crippen LogP contribution in [0.4, 0.5) is 5.13 Å². The summed E-state index contributed by atoms with van der Waals surface area (Å²) in [6.07, 6.45) is 5.80. The van der Waals surface area contributed by atoms with Gasteiger partial charge in [-0.3, -0.25) is 14.8 Å². The zero-order valence-electron chi connectivity index (χ0n) is 13.7. The Balaban J connectivity index is 1.97. The van der Waals surface area contributed by atoms with Crippen molar-refractivity contribution in [3.05, 3.63) is 23.8 Å². The van der Waals surface area contributed by atoms with Crippen LogP contribution in [0.3, 0.4) is 0 Å². The van der Waals surface area contributed by atoms with Gasteiger partial charge in [-0.15, -0.1) is 0 Å². The number of likely N-dealkylation sites (tertiary alicyclic amines) is 1. The summed E-state index contributed by atoms with van der Waals surface area (Å²) in [5.74, 6) is 0.279. The monoisotopic (exact) mass is 331 g/mol. The van der Waals surface area contributed by atoms with Crippen LogP contribution in [0.15, 0.2) is 12.4 Å². The molecule has 2 aromatic heterocycles. The molecule has 23 heavy (non-hydrogen) atoms. The van der Waals surface area contributed by atoms with Gasteiger partial charge in [0, 0.05) is 31.8 Å².